The molecular formula is C15H15NO3S. The lowest BCUT2D eigenvalue weighted by molar-refractivity contribution is -0.115. The summed E-state index contributed by atoms with van der Waals surface area (Å²) in [6, 6.07) is 8.74. The Labute approximate surface area is 121 Å². The molecule has 0 saturated carbocycles. The van der Waals surface area contributed by atoms with E-state index >= 15 is 0 Å². The van der Waals surface area contributed by atoms with Crippen LogP contribution in [-0.4, -0.2) is 18.5 Å². The van der Waals surface area contributed by atoms with E-state index < -0.39 is 5.97 Å². The monoisotopic (exact) mass is 289 g/mol. The molecule has 0 bridgehead atoms. The molecule has 0 aliphatic heterocycles. The van der Waals surface area contributed by atoms with Gasteiger partial charge in [-0.25, -0.2) is 4.79 Å². The van der Waals surface area contributed by atoms with Crippen molar-refractivity contribution in [2.45, 2.75) is 13.3 Å². The largest absolute Gasteiger partial charge is 0.462 e. The number of anilines is 1. The van der Waals surface area contributed by atoms with Gasteiger partial charge in [0.15, 0.2) is 0 Å². The molecule has 2 rings (SSSR count). The smallest absolute Gasteiger partial charge is 0.340 e. The molecular weight excluding hydrogens is 274 g/mol. The highest BCUT2D eigenvalue weighted by Crippen LogP contribution is 2.17. The Morgan fingerprint density at radius 2 is 2.05 bits per heavy atom. The zero-order valence-electron chi connectivity index (χ0n) is 11.1. The van der Waals surface area contributed by atoms with E-state index in [4.69, 9.17) is 4.74 Å². The fraction of sp³-hybridized carbons (Fsp3) is 0.200. The molecule has 0 radical (unpaired) electrons. The lowest BCUT2D eigenvalue weighted by Crippen LogP contribution is -2.17. The van der Waals surface area contributed by atoms with Crippen LogP contribution in [0.25, 0.3) is 0 Å². The lowest BCUT2D eigenvalue weighted by atomic mass is 10.1. The molecule has 0 aliphatic carbocycles. The molecule has 1 amide bonds. The first-order valence-corrected chi connectivity index (χ1v) is 7.22. The summed E-state index contributed by atoms with van der Waals surface area (Å²) in [6.45, 7) is 2.05. The van der Waals surface area contributed by atoms with E-state index in [0.717, 1.165) is 5.56 Å². The fourth-order valence-electron chi connectivity index (χ4n) is 1.75. The first-order valence-electron chi connectivity index (χ1n) is 6.27. The van der Waals surface area contributed by atoms with Gasteiger partial charge in [-0.3, -0.25) is 4.79 Å². The average Bonchev–Trinajstić information content (AvgIpc) is 2.92. The second-order valence-electron chi connectivity index (χ2n) is 4.12. The SMILES string of the molecule is CCOC(=O)c1ccccc1NC(=O)Cc1ccsc1. The standard InChI is InChI=1S/C15H15NO3S/c1-2-19-15(18)12-5-3-4-6-13(12)16-14(17)9-11-7-8-20-10-11/h3-8,10H,2,9H2,1H3,(H,16,17). The molecule has 0 spiro atoms. The number of hydrogen-bond acceptors (Lipinski definition) is 4. The van der Waals surface area contributed by atoms with Crippen LogP contribution in [0.3, 0.4) is 0 Å². The molecule has 0 saturated heterocycles. The molecule has 2 aromatic rings. The first-order chi connectivity index (χ1) is 9.70. The summed E-state index contributed by atoms with van der Waals surface area (Å²) in [6.07, 6.45) is 0.292. The Morgan fingerprint density at radius 1 is 1.25 bits per heavy atom. The highest BCUT2D eigenvalue weighted by molar-refractivity contribution is 7.08. The maximum atomic E-state index is 12.0. The van der Waals surface area contributed by atoms with Gasteiger partial charge in [-0.15, -0.1) is 0 Å². The van der Waals surface area contributed by atoms with Crippen LogP contribution in [0.2, 0.25) is 0 Å². The third-order valence-electron chi connectivity index (χ3n) is 2.64. The molecule has 1 aromatic carbocycles. The van der Waals surface area contributed by atoms with Crippen molar-refractivity contribution in [1.82, 2.24) is 0 Å². The zero-order valence-corrected chi connectivity index (χ0v) is 11.9. The molecule has 0 atom stereocenters. The van der Waals surface area contributed by atoms with E-state index in [0.29, 0.717) is 24.3 Å². The molecule has 0 aliphatic rings. The molecule has 0 fully saturated rings. The predicted molar refractivity (Wildman–Crippen MR) is 79.1 cm³/mol. The lowest BCUT2D eigenvalue weighted by Gasteiger charge is -2.09. The number of nitrogens with one attached hydrogen (secondary N) is 1. The highest BCUT2D eigenvalue weighted by Gasteiger charge is 2.14. The molecule has 1 aromatic heterocycles. The maximum absolute atomic E-state index is 12.0. The molecule has 20 heavy (non-hydrogen) atoms. The minimum atomic E-state index is -0.432. The zero-order chi connectivity index (χ0) is 14.4. The van der Waals surface area contributed by atoms with Gasteiger partial charge in [-0.2, -0.15) is 11.3 Å². The highest BCUT2D eigenvalue weighted by atomic mass is 32.1. The quantitative estimate of drug-likeness (QED) is 0.860. The summed E-state index contributed by atoms with van der Waals surface area (Å²) in [4.78, 5) is 23.7. The van der Waals surface area contributed by atoms with Crippen molar-refractivity contribution in [3.8, 4) is 0 Å². The number of para-hydroxylation sites is 1. The summed E-state index contributed by atoms with van der Waals surface area (Å²) >= 11 is 1.55. The van der Waals surface area contributed by atoms with Crippen molar-refractivity contribution in [3.05, 3.63) is 52.2 Å². The van der Waals surface area contributed by atoms with Gasteiger partial charge in [-0.1, -0.05) is 12.1 Å². The van der Waals surface area contributed by atoms with Gasteiger partial charge in [0, 0.05) is 0 Å². The van der Waals surface area contributed by atoms with E-state index in [2.05, 4.69) is 5.32 Å². The number of hydrogen-bond donors (Lipinski definition) is 1. The minimum Gasteiger partial charge on any atom is -0.462 e. The Bertz CT molecular complexity index is 593. The van der Waals surface area contributed by atoms with Crippen LogP contribution >= 0.6 is 11.3 Å². The summed E-state index contributed by atoms with van der Waals surface area (Å²) in [5, 5.41) is 6.61. The predicted octanol–water partition coefficient (Wildman–Crippen LogP) is 3.11. The van der Waals surface area contributed by atoms with Gasteiger partial charge in [-0.05, 0) is 41.4 Å². The number of benzene rings is 1. The van der Waals surface area contributed by atoms with E-state index in [-0.39, 0.29) is 5.91 Å². The number of ether oxygens (including phenoxy) is 1. The summed E-state index contributed by atoms with van der Waals surface area (Å²) in [5.41, 5.74) is 1.81. The molecule has 5 heteroatoms. The van der Waals surface area contributed by atoms with Gasteiger partial charge in [0.1, 0.15) is 0 Å². The van der Waals surface area contributed by atoms with E-state index in [1.807, 2.05) is 16.8 Å². The van der Waals surface area contributed by atoms with Gasteiger partial charge in [0.2, 0.25) is 5.91 Å². The van der Waals surface area contributed by atoms with Crippen LogP contribution in [0.1, 0.15) is 22.8 Å². The first kappa shape index (κ1) is 14.3. The van der Waals surface area contributed by atoms with Crippen molar-refractivity contribution in [2.75, 3.05) is 11.9 Å². The molecule has 4 nitrogen and oxygen atoms in total. The summed E-state index contributed by atoms with van der Waals surface area (Å²) < 4.78 is 4.97. The van der Waals surface area contributed by atoms with Crippen molar-refractivity contribution in [1.29, 1.82) is 0 Å². The summed E-state index contributed by atoms with van der Waals surface area (Å²) in [7, 11) is 0. The fourth-order valence-corrected chi connectivity index (χ4v) is 2.42. The average molecular weight is 289 g/mol. The van der Waals surface area contributed by atoms with Crippen LogP contribution in [0.5, 0.6) is 0 Å². The van der Waals surface area contributed by atoms with Crippen molar-refractivity contribution in [2.24, 2.45) is 0 Å². The number of esters is 1. The normalized spacial score (nSPS) is 10.1. The Hall–Kier alpha value is -2.14. The Kier molecular flexibility index (Phi) is 4.90. The van der Waals surface area contributed by atoms with Gasteiger partial charge in [0.05, 0.1) is 24.3 Å². The van der Waals surface area contributed by atoms with Crippen molar-refractivity contribution >= 4 is 28.9 Å². The van der Waals surface area contributed by atoms with Gasteiger partial charge >= 0.3 is 5.97 Å². The van der Waals surface area contributed by atoms with Gasteiger partial charge in [0.25, 0.3) is 0 Å². The Morgan fingerprint density at radius 3 is 2.75 bits per heavy atom. The Balaban J connectivity index is 2.09. The van der Waals surface area contributed by atoms with Crippen LogP contribution in [0.15, 0.2) is 41.1 Å². The molecule has 0 unspecified atom stereocenters. The molecule has 1 N–H and O–H groups in total. The van der Waals surface area contributed by atoms with Crippen LogP contribution in [0.4, 0.5) is 5.69 Å². The van der Waals surface area contributed by atoms with E-state index in [1.165, 1.54) is 0 Å². The van der Waals surface area contributed by atoms with Crippen LogP contribution in [0, 0.1) is 0 Å². The third-order valence-corrected chi connectivity index (χ3v) is 3.37. The van der Waals surface area contributed by atoms with Crippen molar-refractivity contribution in [3.63, 3.8) is 0 Å². The van der Waals surface area contributed by atoms with Crippen LogP contribution in [-0.2, 0) is 16.0 Å². The number of carbonyl (C=O) groups excluding carboxylic acids is 2. The number of amides is 1. The minimum absolute atomic E-state index is 0.153. The summed E-state index contributed by atoms with van der Waals surface area (Å²) in [5.74, 6) is -0.584. The van der Waals surface area contributed by atoms with E-state index in [1.54, 1.807) is 42.5 Å². The number of carbonyl (C=O) groups is 2. The second-order valence-corrected chi connectivity index (χ2v) is 4.90. The molecule has 104 valence electrons. The third kappa shape index (κ3) is 3.68. The molecule has 1 heterocycles. The topological polar surface area (TPSA) is 55.4 Å². The van der Waals surface area contributed by atoms with Crippen molar-refractivity contribution < 1.29 is 14.3 Å². The maximum Gasteiger partial charge on any atom is 0.340 e. The van der Waals surface area contributed by atoms with Crippen LogP contribution < -0.4 is 5.32 Å². The number of rotatable bonds is 5. The van der Waals surface area contributed by atoms with E-state index in [9.17, 15) is 9.59 Å². The van der Waals surface area contributed by atoms with Gasteiger partial charge < -0.3 is 10.1 Å². The second kappa shape index (κ2) is 6.86. The number of thiophene rings is 1.